The van der Waals surface area contributed by atoms with Crippen LogP contribution in [-0.2, 0) is 17.6 Å². The van der Waals surface area contributed by atoms with Crippen molar-refractivity contribution in [2.24, 2.45) is 5.73 Å². The van der Waals surface area contributed by atoms with E-state index in [2.05, 4.69) is 21.8 Å². The van der Waals surface area contributed by atoms with Gasteiger partial charge in [-0.2, -0.15) is 0 Å². The number of nitrogens with two attached hydrogens (primary N) is 1. The first-order chi connectivity index (χ1) is 8.35. The molecule has 1 aromatic rings. The average Bonchev–Trinajstić information content (AvgIpc) is 2.40. The maximum Gasteiger partial charge on any atom is 0.135 e. The van der Waals surface area contributed by atoms with E-state index < -0.39 is 0 Å². The van der Waals surface area contributed by atoms with Crippen molar-refractivity contribution < 1.29 is 4.74 Å². The van der Waals surface area contributed by atoms with Crippen LogP contribution in [0.3, 0.4) is 0 Å². The molecule has 5 heteroatoms. The van der Waals surface area contributed by atoms with E-state index in [1.54, 1.807) is 0 Å². The van der Waals surface area contributed by atoms with Gasteiger partial charge in [-0.15, -0.1) is 0 Å². The van der Waals surface area contributed by atoms with E-state index in [0.717, 1.165) is 56.4 Å². The molecule has 1 aliphatic heterocycles. The number of aryl methyl sites for hydroxylation is 1. The summed E-state index contributed by atoms with van der Waals surface area (Å²) in [5.41, 5.74) is 6.78. The lowest BCUT2D eigenvalue weighted by molar-refractivity contribution is 0.122. The van der Waals surface area contributed by atoms with Crippen molar-refractivity contribution in [2.75, 3.05) is 37.7 Å². The molecule has 1 saturated heterocycles. The van der Waals surface area contributed by atoms with Crippen LogP contribution in [-0.4, -0.2) is 42.8 Å². The molecule has 94 valence electrons. The topological polar surface area (TPSA) is 64.3 Å². The summed E-state index contributed by atoms with van der Waals surface area (Å²) in [5, 5.41) is 0. The zero-order chi connectivity index (χ0) is 12.1. The lowest BCUT2D eigenvalue weighted by atomic mass is 10.2. The Morgan fingerprint density at radius 1 is 1.41 bits per heavy atom. The van der Waals surface area contributed by atoms with Crippen molar-refractivity contribution in [2.45, 2.75) is 19.8 Å². The summed E-state index contributed by atoms with van der Waals surface area (Å²) < 4.78 is 5.37. The highest BCUT2D eigenvalue weighted by Gasteiger charge is 2.16. The molecule has 0 radical (unpaired) electrons. The number of hydrogen-bond acceptors (Lipinski definition) is 5. The Hall–Kier alpha value is -1.20. The highest BCUT2D eigenvalue weighted by molar-refractivity contribution is 5.46. The van der Waals surface area contributed by atoms with Crippen molar-refractivity contribution in [1.29, 1.82) is 0 Å². The van der Waals surface area contributed by atoms with Gasteiger partial charge in [-0.3, -0.25) is 0 Å². The highest BCUT2D eigenvalue weighted by Crippen LogP contribution is 2.19. The van der Waals surface area contributed by atoms with Crippen LogP contribution in [0.25, 0.3) is 0 Å². The fourth-order valence-electron chi connectivity index (χ4n) is 1.98. The van der Waals surface area contributed by atoms with Gasteiger partial charge in [-0.1, -0.05) is 6.92 Å². The van der Waals surface area contributed by atoms with Gasteiger partial charge in [-0.05, 0) is 13.0 Å². The molecule has 0 unspecified atom stereocenters. The van der Waals surface area contributed by atoms with E-state index in [1.165, 1.54) is 0 Å². The number of anilines is 1. The van der Waals surface area contributed by atoms with Crippen LogP contribution in [0.2, 0.25) is 0 Å². The molecular formula is C12H20N4O. The van der Waals surface area contributed by atoms with Crippen molar-refractivity contribution in [1.82, 2.24) is 9.97 Å². The maximum absolute atomic E-state index is 5.63. The molecule has 0 saturated carbocycles. The van der Waals surface area contributed by atoms with Crippen LogP contribution in [0.5, 0.6) is 0 Å². The summed E-state index contributed by atoms with van der Waals surface area (Å²) in [7, 11) is 0. The molecule has 0 aromatic carbocycles. The summed E-state index contributed by atoms with van der Waals surface area (Å²) in [4.78, 5) is 11.3. The first-order valence-corrected chi connectivity index (χ1v) is 6.22. The summed E-state index contributed by atoms with van der Waals surface area (Å²) in [6.45, 7) is 6.05. The minimum Gasteiger partial charge on any atom is -0.378 e. The highest BCUT2D eigenvalue weighted by atomic mass is 16.5. The molecule has 0 bridgehead atoms. The Bertz CT molecular complexity index is 364. The number of rotatable bonds is 4. The van der Waals surface area contributed by atoms with Gasteiger partial charge in [0.25, 0.3) is 0 Å². The molecule has 1 fully saturated rings. The summed E-state index contributed by atoms with van der Waals surface area (Å²) in [5.74, 6) is 1.94. The Morgan fingerprint density at radius 2 is 2.18 bits per heavy atom. The minimum absolute atomic E-state index is 0.631. The van der Waals surface area contributed by atoms with E-state index >= 15 is 0 Å². The summed E-state index contributed by atoms with van der Waals surface area (Å²) >= 11 is 0. The van der Waals surface area contributed by atoms with Crippen molar-refractivity contribution in [3.05, 3.63) is 17.6 Å². The molecule has 0 amide bonds. The van der Waals surface area contributed by atoms with Crippen LogP contribution >= 0.6 is 0 Å². The zero-order valence-electron chi connectivity index (χ0n) is 10.4. The fourth-order valence-corrected chi connectivity index (χ4v) is 1.98. The fraction of sp³-hybridized carbons (Fsp3) is 0.667. The third-order valence-electron chi connectivity index (χ3n) is 2.93. The standard InChI is InChI=1S/C12H20N4O/c1-2-11-14-9-10(3-4-13)12(15-11)16-5-7-17-8-6-16/h9H,2-8,13H2,1H3. The van der Waals surface area contributed by atoms with Crippen LogP contribution in [0.4, 0.5) is 5.82 Å². The van der Waals surface area contributed by atoms with Gasteiger partial charge in [0, 0.05) is 31.3 Å². The van der Waals surface area contributed by atoms with Crippen molar-refractivity contribution >= 4 is 5.82 Å². The van der Waals surface area contributed by atoms with Gasteiger partial charge in [0.2, 0.25) is 0 Å². The smallest absolute Gasteiger partial charge is 0.135 e. The third-order valence-corrected chi connectivity index (χ3v) is 2.93. The van der Waals surface area contributed by atoms with Gasteiger partial charge in [-0.25, -0.2) is 9.97 Å². The van der Waals surface area contributed by atoms with E-state index in [1.807, 2.05) is 6.20 Å². The summed E-state index contributed by atoms with van der Waals surface area (Å²) in [6, 6.07) is 0. The van der Waals surface area contributed by atoms with Gasteiger partial charge in [0.1, 0.15) is 11.6 Å². The molecule has 2 rings (SSSR count). The number of hydrogen-bond donors (Lipinski definition) is 1. The predicted molar refractivity (Wildman–Crippen MR) is 67.2 cm³/mol. The molecule has 1 aliphatic rings. The summed E-state index contributed by atoms with van der Waals surface area (Å²) in [6.07, 6.45) is 3.61. The van der Waals surface area contributed by atoms with E-state index in [9.17, 15) is 0 Å². The average molecular weight is 236 g/mol. The maximum atomic E-state index is 5.63. The Balaban J connectivity index is 2.26. The Morgan fingerprint density at radius 3 is 2.82 bits per heavy atom. The number of nitrogens with zero attached hydrogens (tertiary/aromatic N) is 3. The molecule has 2 heterocycles. The van der Waals surface area contributed by atoms with Crippen LogP contribution in [0.1, 0.15) is 18.3 Å². The lowest BCUT2D eigenvalue weighted by Gasteiger charge is -2.29. The lowest BCUT2D eigenvalue weighted by Crippen LogP contribution is -2.37. The molecule has 1 aromatic heterocycles. The second-order valence-electron chi connectivity index (χ2n) is 4.13. The Kier molecular flexibility index (Phi) is 4.28. The molecule has 2 N–H and O–H groups in total. The predicted octanol–water partition coefficient (Wildman–Crippen LogP) is 0.377. The molecule has 0 spiro atoms. The van der Waals surface area contributed by atoms with E-state index in [0.29, 0.717) is 6.54 Å². The van der Waals surface area contributed by atoms with Gasteiger partial charge in [0.15, 0.2) is 0 Å². The second kappa shape index (κ2) is 5.93. The number of ether oxygens (including phenoxy) is 1. The molecule has 0 atom stereocenters. The molecule has 17 heavy (non-hydrogen) atoms. The van der Waals surface area contributed by atoms with Gasteiger partial charge < -0.3 is 15.4 Å². The Labute approximate surface area is 102 Å². The first kappa shape index (κ1) is 12.3. The van der Waals surface area contributed by atoms with Crippen LogP contribution in [0.15, 0.2) is 6.20 Å². The van der Waals surface area contributed by atoms with Crippen LogP contribution in [0, 0.1) is 0 Å². The third kappa shape index (κ3) is 2.92. The van der Waals surface area contributed by atoms with Crippen LogP contribution < -0.4 is 10.6 Å². The molecule has 5 nitrogen and oxygen atoms in total. The quantitative estimate of drug-likeness (QED) is 0.818. The monoisotopic (exact) mass is 236 g/mol. The normalized spacial score (nSPS) is 16.2. The van der Waals surface area contributed by atoms with E-state index in [-0.39, 0.29) is 0 Å². The SMILES string of the molecule is CCc1ncc(CCN)c(N2CCOCC2)n1. The zero-order valence-corrected chi connectivity index (χ0v) is 10.4. The first-order valence-electron chi connectivity index (χ1n) is 6.22. The molecule has 0 aliphatic carbocycles. The van der Waals surface area contributed by atoms with Crippen molar-refractivity contribution in [3.8, 4) is 0 Å². The van der Waals surface area contributed by atoms with E-state index in [4.69, 9.17) is 10.5 Å². The minimum atomic E-state index is 0.631. The molecular weight excluding hydrogens is 216 g/mol. The number of morpholine rings is 1. The van der Waals surface area contributed by atoms with Crippen molar-refractivity contribution in [3.63, 3.8) is 0 Å². The second-order valence-corrected chi connectivity index (χ2v) is 4.13. The van der Waals surface area contributed by atoms with Gasteiger partial charge in [0.05, 0.1) is 13.2 Å². The largest absolute Gasteiger partial charge is 0.378 e. The van der Waals surface area contributed by atoms with Gasteiger partial charge >= 0.3 is 0 Å². The number of aromatic nitrogens is 2.